The van der Waals surface area contributed by atoms with Crippen molar-refractivity contribution in [1.29, 1.82) is 0 Å². The van der Waals surface area contributed by atoms with Gasteiger partial charge in [-0.05, 0) is 72.6 Å². The predicted octanol–water partition coefficient (Wildman–Crippen LogP) is 12.6. The smallest absolute Gasteiger partial charge is 0.143 e. The van der Waals surface area contributed by atoms with Gasteiger partial charge in [-0.3, -0.25) is 0 Å². The summed E-state index contributed by atoms with van der Waals surface area (Å²) in [6.45, 7) is 0. The largest absolute Gasteiger partial charge is 0.455 e. The molecule has 0 fully saturated rings. The van der Waals surface area contributed by atoms with Crippen molar-refractivity contribution in [3.63, 3.8) is 0 Å². The first kappa shape index (κ1) is 15.2. The minimum absolute atomic E-state index is 0.00734. The van der Waals surface area contributed by atoms with Gasteiger partial charge in [-0.1, -0.05) is 157 Å². The molecule has 0 amide bonds. The number of furan rings is 1. The van der Waals surface area contributed by atoms with Gasteiger partial charge >= 0.3 is 0 Å². The zero-order valence-corrected chi connectivity index (χ0v) is 23.5. The van der Waals surface area contributed by atoms with Gasteiger partial charge in [0.25, 0.3) is 0 Å². The lowest BCUT2D eigenvalue weighted by Gasteiger charge is -2.19. The molecular formula is C44H28O. The van der Waals surface area contributed by atoms with Crippen molar-refractivity contribution in [1.82, 2.24) is 0 Å². The Labute approximate surface area is 281 Å². The molecule has 210 valence electrons. The number of fused-ring (bicyclic) bond motifs is 5. The summed E-state index contributed by atoms with van der Waals surface area (Å²) < 4.78 is 127. The van der Waals surface area contributed by atoms with Gasteiger partial charge in [0, 0.05) is 16.3 Å². The van der Waals surface area contributed by atoms with Crippen molar-refractivity contribution < 1.29 is 23.6 Å². The molecule has 0 aliphatic heterocycles. The van der Waals surface area contributed by atoms with Gasteiger partial charge in [-0.25, -0.2) is 0 Å². The number of hydrogen-bond donors (Lipinski definition) is 0. The summed E-state index contributed by atoms with van der Waals surface area (Å²) in [6, 6.07) is 18.1. The van der Waals surface area contributed by atoms with E-state index in [9.17, 15) is 2.74 Å². The minimum atomic E-state index is -0.657. The SMILES string of the molecule is [2H]c1c([2H])c([2H])c(-c2c([2H])c([2H])c(-c3c4ccccc4c(-c4ccc(-c5c([2H])c([2H])c([2H])c([2H])c5[2H])c5oc6ccccc6c45)c4ccccc34)c([2H])c2[2H])c([2H])c1[2H]. The lowest BCUT2D eigenvalue weighted by molar-refractivity contribution is 0.670. The molecule has 45 heavy (non-hydrogen) atoms. The second kappa shape index (κ2) is 10.4. The quantitative estimate of drug-likeness (QED) is 0.187. The van der Waals surface area contributed by atoms with Crippen LogP contribution < -0.4 is 0 Å². The summed E-state index contributed by atoms with van der Waals surface area (Å²) in [5, 5.41) is 3.85. The molecule has 1 aromatic heterocycles. The van der Waals surface area contributed by atoms with E-state index in [-0.39, 0.29) is 23.2 Å². The van der Waals surface area contributed by atoms with Crippen LogP contribution in [0.5, 0.6) is 0 Å². The lowest BCUT2D eigenvalue weighted by atomic mass is 9.84. The Kier molecular flexibility index (Phi) is 3.50. The Morgan fingerprint density at radius 1 is 0.378 bits per heavy atom. The second-order valence-electron chi connectivity index (χ2n) is 10.6. The Morgan fingerprint density at radius 3 is 1.47 bits per heavy atom. The topological polar surface area (TPSA) is 13.1 Å². The first-order chi connectivity index (χ1) is 28.2. The molecule has 1 nitrogen and oxygen atoms in total. The maximum Gasteiger partial charge on any atom is 0.143 e. The zero-order chi connectivity index (χ0) is 41.9. The Balaban J connectivity index is 1.39. The van der Waals surface area contributed by atoms with Gasteiger partial charge in [-0.2, -0.15) is 0 Å². The summed E-state index contributed by atoms with van der Waals surface area (Å²) >= 11 is 0. The van der Waals surface area contributed by atoms with Crippen LogP contribution >= 0.6 is 0 Å². The molecule has 0 radical (unpaired) electrons. The highest BCUT2D eigenvalue weighted by atomic mass is 16.3. The number of rotatable bonds is 4. The van der Waals surface area contributed by atoms with Crippen molar-refractivity contribution >= 4 is 43.5 Å². The van der Waals surface area contributed by atoms with Gasteiger partial charge in [-0.15, -0.1) is 0 Å². The Morgan fingerprint density at radius 2 is 0.844 bits per heavy atom. The van der Waals surface area contributed by atoms with Crippen molar-refractivity contribution in [2.75, 3.05) is 0 Å². The number of benzene rings is 8. The molecule has 9 rings (SSSR count). The van der Waals surface area contributed by atoms with E-state index in [4.69, 9.17) is 20.9 Å². The predicted molar refractivity (Wildman–Crippen MR) is 190 cm³/mol. The molecule has 0 unspecified atom stereocenters. The normalized spacial score (nSPS) is 15.9. The van der Waals surface area contributed by atoms with Crippen LogP contribution in [0.1, 0.15) is 19.2 Å². The summed E-state index contributed by atoms with van der Waals surface area (Å²) in [5.41, 5.74) is 2.08. The molecule has 0 bridgehead atoms. The summed E-state index contributed by atoms with van der Waals surface area (Å²) in [6.07, 6.45) is 0. The first-order valence-corrected chi connectivity index (χ1v) is 14.3. The maximum absolute atomic E-state index is 9.35. The molecule has 0 atom stereocenters. The fraction of sp³-hybridized carbons (Fsp3) is 0. The fourth-order valence-electron chi connectivity index (χ4n) is 6.24. The molecule has 0 spiro atoms. The molecule has 0 saturated carbocycles. The van der Waals surface area contributed by atoms with E-state index in [1.165, 1.54) is 0 Å². The minimum Gasteiger partial charge on any atom is -0.455 e. The van der Waals surface area contributed by atoms with E-state index >= 15 is 0 Å². The van der Waals surface area contributed by atoms with E-state index < -0.39 is 83.6 Å². The third kappa shape index (κ3) is 4.09. The van der Waals surface area contributed by atoms with Crippen molar-refractivity contribution in [2.45, 2.75) is 0 Å². The molecule has 9 aromatic rings. The average molecular weight is 587 g/mol. The van der Waals surface area contributed by atoms with Gasteiger partial charge in [0.05, 0.1) is 19.2 Å². The van der Waals surface area contributed by atoms with Crippen molar-refractivity contribution in [3.8, 4) is 44.5 Å². The van der Waals surface area contributed by atoms with Crippen LogP contribution in [0.15, 0.2) is 174 Å². The second-order valence-corrected chi connectivity index (χ2v) is 10.6. The highest BCUT2D eigenvalue weighted by Gasteiger charge is 2.22. The summed E-state index contributed by atoms with van der Waals surface area (Å²) in [5.74, 6) is 0. The molecule has 0 aliphatic rings. The van der Waals surface area contributed by atoms with Crippen molar-refractivity contribution in [3.05, 3.63) is 170 Å². The highest BCUT2D eigenvalue weighted by molar-refractivity contribution is 6.26. The van der Waals surface area contributed by atoms with Gasteiger partial charge in [0.15, 0.2) is 0 Å². The van der Waals surface area contributed by atoms with Crippen LogP contribution in [0, 0.1) is 0 Å². The van der Waals surface area contributed by atoms with Crippen LogP contribution in [0.3, 0.4) is 0 Å². The zero-order valence-electron chi connectivity index (χ0n) is 37.5. The number of para-hydroxylation sites is 1. The monoisotopic (exact) mass is 586 g/mol. The molecule has 8 aromatic carbocycles. The molecule has 0 aliphatic carbocycles. The fourth-order valence-corrected chi connectivity index (χ4v) is 6.24. The van der Waals surface area contributed by atoms with Crippen molar-refractivity contribution in [2.24, 2.45) is 0 Å². The molecular weight excluding hydrogens is 544 g/mol. The third-order valence-electron chi connectivity index (χ3n) is 8.12. The summed E-state index contributed by atoms with van der Waals surface area (Å²) in [7, 11) is 0. The Bertz CT molecular complexity index is 3190. The van der Waals surface area contributed by atoms with E-state index in [0.717, 1.165) is 5.56 Å². The molecule has 1 heteroatoms. The number of hydrogen-bond acceptors (Lipinski definition) is 1. The molecule has 0 N–H and O–H groups in total. The lowest BCUT2D eigenvalue weighted by Crippen LogP contribution is -1.92. The highest BCUT2D eigenvalue weighted by Crippen LogP contribution is 2.48. The van der Waals surface area contributed by atoms with E-state index in [2.05, 4.69) is 0 Å². The van der Waals surface area contributed by atoms with Gasteiger partial charge in [0.1, 0.15) is 11.2 Å². The van der Waals surface area contributed by atoms with E-state index in [0.29, 0.717) is 60.2 Å². The van der Waals surface area contributed by atoms with Crippen LogP contribution in [-0.4, -0.2) is 0 Å². The molecule has 1 heterocycles. The summed E-state index contributed by atoms with van der Waals surface area (Å²) in [4.78, 5) is 0. The first-order valence-electron chi connectivity index (χ1n) is 21.3. The van der Waals surface area contributed by atoms with Crippen LogP contribution in [0.25, 0.3) is 88.0 Å². The van der Waals surface area contributed by atoms with Crippen LogP contribution in [-0.2, 0) is 0 Å². The van der Waals surface area contributed by atoms with E-state index in [1.807, 2.05) is 60.7 Å². The van der Waals surface area contributed by atoms with Crippen LogP contribution in [0.2, 0.25) is 0 Å². The van der Waals surface area contributed by atoms with E-state index in [1.54, 1.807) is 24.3 Å². The molecule has 0 saturated heterocycles. The van der Waals surface area contributed by atoms with Gasteiger partial charge < -0.3 is 4.42 Å². The van der Waals surface area contributed by atoms with Crippen LogP contribution in [0.4, 0.5) is 0 Å². The Hall–Kier alpha value is -5.92. The standard InChI is InChI=1S/C44H28O/c1-3-13-29(14-4-1)30-23-25-32(26-24-30)41-34-17-7-9-19-36(34)42(37-20-10-8-18-35(37)41)39-28-27-33(31-15-5-2-6-16-31)44-43(39)38-21-11-12-22-40(38)45-44/h1-28H/i1D,2D,3D,4D,5D,6D,13D,14D,15D,16D,23D,24D,25D,26D. The maximum atomic E-state index is 9.35. The average Bonchev–Trinajstić information content (AvgIpc) is 3.64. The third-order valence-corrected chi connectivity index (χ3v) is 8.12. The van der Waals surface area contributed by atoms with Gasteiger partial charge in [0.2, 0.25) is 0 Å².